The number of halogens is 2. The van der Waals surface area contributed by atoms with E-state index in [-0.39, 0.29) is 0 Å². The highest BCUT2D eigenvalue weighted by molar-refractivity contribution is 9.10. The summed E-state index contributed by atoms with van der Waals surface area (Å²) in [6.07, 6.45) is 11.5. The SMILES string of the molecule is CC(C)(CCC1=CCC(Cl)(c2ccc(C(O)c3c[nH]c4ncc(Br)cc34)cn2)C=C1)OC(N)=O. The van der Waals surface area contributed by atoms with E-state index in [0.29, 0.717) is 29.7 Å². The van der Waals surface area contributed by atoms with Crippen molar-refractivity contribution < 1.29 is 14.6 Å². The van der Waals surface area contributed by atoms with Crippen LogP contribution in [0.25, 0.3) is 11.0 Å². The van der Waals surface area contributed by atoms with Gasteiger partial charge in [0.2, 0.25) is 0 Å². The summed E-state index contributed by atoms with van der Waals surface area (Å²) in [4.78, 5) is 22.2. The van der Waals surface area contributed by atoms with E-state index < -0.39 is 22.7 Å². The van der Waals surface area contributed by atoms with Crippen LogP contribution >= 0.6 is 27.5 Å². The zero-order valence-corrected chi connectivity index (χ0v) is 21.2. The average molecular weight is 546 g/mol. The molecule has 1 amide bonds. The Bertz CT molecular complexity index is 1270. The molecule has 0 radical (unpaired) electrons. The summed E-state index contributed by atoms with van der Waals surface area (Å²) in [6, 6.07) is 5.62. The maximum absolute atomic E-state index is 11.0. The van der Waals surface area contributed by atoms with Crippen molar-refractivity contribution in [3.63, 3.8) is 0 Å². The molecule has 2 atom stereocenters. The number of aromatic nitrogens is 3. The van der Waals surface area contributed by atoms with E-state index >= 15 is 0 Å². The zero-order valence-electron chi connectivity index (χ0n) is 18.9. The third-order valence-corrected chi connectivity index (χ3v) is 6.88. The Morgan fingerprint density at radius 2 is 2.18 bits per heavy atom. The van der Waals surface area contributed by atoms with Gasteiger partial charge in [0.1, 0.15) is 22.2 Å². The second-order valence-electron chi connectivity index (χ2n) is 9.03. The predicted octanol–water partition coefficient (Wildman–Crippen LogP) is 5.78. The van der Waals surface area contributed by atoms with Gasteiger partial charge in [-0.3, -0.25) is 4.98 Å². The molecule has 34 heavy (non-hydrogen) atoms. The number of carbonyl (C=O) groups is 1. The van der Waals surface area contributed by atoms with Gasteiger partial charge < -0.3 is 20.6 Å². The number of hydrogen-bond acceptors (Lipinski definition) is 5. The van der Waals surface area contributed by atoms with Crippen molar-refractivity contribution in [3.05, 3.63) is 81.9 Å². The summed E-state index contributed by atoms with van der Waals surface area (Å²) >= 11 is 10.3. The molecule has 0 aromatic carbocycles. The monoisotopic (exact) mass is 544 g/mol. The fourth-order valence-electron chi connectivity index (χ4n) is 4.02. The number of aliphatic hydroxyl groups is 1. The molecule has 4 rings (SSSR count). The number of pyridine rings is 2. The first-order chi connectivity index (χ1) is 16.1. The highest BCUT2D eigenvalue weighted by atomic mass is 79.9. The van der Waals surface area contributed by atoms with Crippen molar-refractivity contribution in [1.29, 1.82) is 0 Å². The fourth-order valence-corrected chi connectivity index (χ4v) is 4.60. The van der Waals surface area contributed by atoms with E-state index in [4.69, 9.17) is 22.1 Å². The summed E-state index contributed by atoms with van der Waals surface area (Å²) in [5.41, 5.74) is 8.43. The van der Waals surface area contributed by atoms with Gasteiger partial charge in [0.05, 0.1) is 5.69 Å². The Morgan fingerprint density at radius 1 is 1.38 bits per heavy atom. The van der Waals surface area contributed by atoms with Gasteiger partial charge in [-0.05, 0) is 61.2 Å². The zero-order chi connectivity index (χ0) is 24.5. The largest absolute Gasteiger partial charge is 0.444 e. The van der Waals surface area contributed by atoms with E-state index in [2.05, 4.69) is 37.0 Å². The number of allylic oxidation sites excluding steroid dienone is 4. The average Bonchev–Trinajstić information content (AvgIpc) is 3.20. The molecule has 0 bridgehead atoms. The minimum absolute atomic E-state index is 0.578. The van der Waals surface area contributed by atoms with Crippen molar-refractivity contribution in [2.75, 3.05) is 0 Å². The number of alkyl halides is 1. The number of aromatic amines is 1. The van der Waals surface area contributed by atoms with Gasteiger partial charge in [-0.2, -0.15) is 0 Å². The lowest BCUT2D eigenvalue weighted by molar-refractivity contribution is 0.0395. The van der Waals surface area contributed by atoms with E-state index in [9.17, 15) is 9.90 Å². The third kappa shape index (κ3) is 5.35. The van der Waals surface area contributed by atoms with Gasteiger partial charge in [-0.15, -0.1) is 11.6 Å². The lowest BCUT2D eigenvalue weighted by atomic mass is 9.89. The number of fused-ring (bicyclic) bond motifs is 1. The summed E-state index contributed by atoms with van der Waals surface area (Å²) in [6.45, 7) is 3.67. The Labute approximate surface area is 211 Å². The first-order valence-corrected chi connectivity index (χ1v) is 12.1. The number of aliphatic hydroxyl groups excluding tert-OH is 1. The molecule has 0 fully saturated rings. The van der Waals surface area contributed by atoms with Gasteiger partial charge in [0.25, 0.3) is 0 Å². The van der Waals surface area contributed by atoms with E-state index in [1.165, 1.54) is 0 Å². The van der Waals surface area contributed by atoms with Gasteiger partial charge in [0.15, 0.2) is 0 Å². The van der Waals surface area contributed by atoms with Gasteiger partial charge >= 0.3 is 6.09 Å². The Kier molecular flexibility index (Phi) is 6.85. The van der Waals surface area contributed by atoms with Crippen LogP contribution in [0.15, 0.2) is 65.1 Å². The fraction of sp³-hybridized carbons (Fsp3) is 0.320. The molecule has 0 spiro atoms. The molecule has 1 aliphatic carbocycles. The summed E-state index contributed by atoms with van der Waals surface area (Å²) in [5.74, 6) is 0. The molecule has 2 unspecified atom stereocenters. The van der Waals surface area contributed by atoms with Crippen LogP contribution < -0.4 is 5.73 Å². The van der Waals surface area contributed by atoms with Gasteiger partial charge in [-0.25, -0.2) is 9.78 Å². The van der Waals surface area contributed by atoms with Crippen LogP contribution in [-0.4, -0.2) is 31.8 Å². The van der Waals surface area contributed by atoms with Gasteiger partial charge in [0, 0.05) is 39.6 Å². The molecular formula is C25H26BrClN4O3. The quantitative estimate of drug-likeness (QED) is 0.326. The number of H-pyrrole nitrogens is 1. The summed E-state index contributed by atoms with van der Waals surface area (Å²) in [5, 5.41) is 11.8. The molecule has 178 valence electrons. The van der Waals surface area contributed by atoms with Crippen molar-refractivity contribution >= 4 is 44.7 Å². The van der Waals surface area contributed by atoms with Gasteiger partial charge in [-0.1, -0.05) is 29.9 Å². The molecule has 3 aromatic rings. The van der Waals surface area contributed by atoms with Crippen molar-refractivity contribution in [2.24, 2.45) is 5.73 Å². The maximum atomic E-state index is 11.0. The topological polar surface area (TPSA) is 114 Å². The smallest absolute Gasteiger partial charge is 0.405 e. The molecule has 0 aliphatic heterocycles. The number of hydrogen-bond donors (Lipinski definition) is 3. The van der Waals surface area contributed by atoms with Crippen LogP contribution in [-0.2, 0) is 9.61 Å². The maximum Gasteiger partial charge on any atom is 0.405 e. The number of rotatable bonds is 7. The Balaban J connectivity index is 1.44. The lowest BCUT2D eigenvalue weighted by Crippen LogP contribution is -2.31. The number of carbonyl (C=O) groups excluding carboxylic acids is 1. The van der Waals surface area contributed by atoms with Crippen LogP contribution in [0, 0.1) is 0 Å². The second-order valence-corrected chi connectivity index (χ2v) is 10.6. The number of nitrogens with two attached hydrogens (primary N) is 1. The molecule has 4 N–H and O–H groups in total. The molecule has 7 nitrogen and oxygen atoms in total. The molecule has 9 heteroatoms. The van der Waals surface area contributed by atoms with E-state index in [0.717, 1.165) is 27.4 Å². The van der Waals surface area contributed by atoms with Crippen LogP contribution in [0.1, 0.15) is 56.0 Å². The summed E-state index contributed by atoms with van der Waals surface area (Å²) in [7, 11) is 0. The van der Waals surface area contributed by atoms with E-state index in [1.807, 2.05) is 44.2 Å². The molecule has 0 saturated carbocycles. The molecule has 3 aromatic heterocycles. The Morgan fingerprint density at radius 3 is 2.82 bits per heavy atom. The molecule has 0 saturated heterocycles. The lowest BCUT2D eigenvalue weighted by Gasteiger charge is -2.27. The number of nitrogens with zero attached hydrogens (tertiary/aromatic N) is 2. The normalized spacial score (nSPS) is 19.1. The number of ether oxygens (including phenoxy) is 1. The van der Waals surface area contributed by atoms with E-state index in [1.54, 1.807) is 18.6 Å². The molecule has 3 heterocycles. The predicted molar refractivity (Wildman–Crippen MR) is 135 cm³/mol. The number of nitrogens with one attached hydrogen (secondary N) is 1. The second kappa shape index (κ2) is 9.52. The molecular weight excluding hydrogens is 520 g/mol. The molecule has 1 aliphatic rings. The first kappa shape index (κ1) is 24.4. The van der Waals surface area contributed by atoms with Crippen LogP contribution in [0.2, 0.25) is 0 Å². The van der Waals surface area contributed by atoms with Crippen LogP contribution in [0.3, 0.4) is 0 Å². The minimum atomic E-state index is -0.850. The van der Waals surface area contributed by atoms with Crippen molar-refractivity contribution in [2.45, 2.75) is 49.7 Å². The number of amides is 1. The number of primary amides is 1. The third-order valence-electron chi connectivity index (χ3n) is 5.97. The standard InChI is InChI=1S/C25H26BrClN4O3/c1-24(2,34-23(28)33)8-5-15-6-9-25(27,10-7-15)20-4-3-16(12-29-20)21(32)19-14-31-22-18(19)11-17(26)13-30-22/h3-4,6-7,9,11-14,21,32H,5,8,10H2,1-2H3,(H2,28,33)(H,30,31). The van der Waals surface area contributed by atoms with Crippen molar-refractivity contribution in [1.82, 2.24) is 15.0 Å². The highest BCUT2D eigenvalue weighted by Crippen LogP contribution is 2.39. The van der Waals surface area contributed by atoms with Crippen molar-refractivity contribution in [3.8, 4) is 0 Å². The first-order valence-electron chi connectivity index (χ1n) is 10.9. The van der Waals surface area contributed by atoms with Crippen LogP contribution in [0.4, 0.5) is 4.79 Å². The Hall–Kier alpha value is -2.68. The van der Waals surface area contributed by atoms with Crippen LogP contribution in [0.5, 0.6) is 0 Å². The minimum Gasteiger partial charge on any atom is -0.444 e. The summed E-state index contributed by atoms with van der Waals surface area (Å²) < 4.78 is 5.99. The highest BCUT2D eigenvalue weighted by Gasteiger charge is 2.30.